The zero-order valence-electron chi connectivity index (χ0n) is 13.5. The summed E-state index contributed by atoms with van der Waals surface area (Å²) < 4.78 is 5.51. The second-order valence-corrected chi connectivity index (χ2v) is 4.72. The number of benzene rings is 1. The van der Waals surface area contributed by atoms with Gasteiger partial charge < -0.3 is 15.1 Å². The minimum Gasteiger partial charge on any atom is -0.444 e. The monoisotopic (exact) mass is 426 g/mol. The van der Waals surface area contributed by atoms with Gasteiger partial charge in [-0.05, 0) is 25.5 Å². The predicted molar refractivity (Wildman–Crippen MR) is 105 cm³/mol. The van der Waals surface area contributed by atoms with E-state index in [9.17, 15) is 0 Å². The van der Waals surface area contributed by atoms with Gasteiger partial charge in [0.1, 0.15) is 6.26 Å². The Morgan fingerprint density at radius 3 is 2.74 bits per heavy atom. The van der Waals surface area contributed by atoms with E-state index in [1.54, 1.807) is 13.3 Å². The molecule has 0 unspecified atom stereocenters. The summed E-state index contributed by atoms with van der Waals surface area (Å²) in [6.07, 6.45) is 6.80. The fourth-order valence-electron chi connectivity index (χ4n) is 1.94. The summed E-state index contributed by atoms with van der Waals surface area (Å²) in [5.74, 6) is 1.39. The predicted octanol–water partition coefficient (Wildman–Crippen LogP) is 3.59. The minimum atomic E-state index is 0. The third-order valence-corrected chi connectivity index (χ3v) is 3.07. The van der Waals surface area contributed by atoms with Crippen LogP contribution >= 0.6 is 24.0 Å². The van der Waals surface area contributed by atoms with Gasteiger partial charge in [0.25, 0.3) is 0 Å². The van der Waals surface area contributed by atoms with E-state index in [1.165, 1.54) is 0 Å². The molecule has 5 nitrogen and oxygen atoms in total. The van der Waals surface area contributed by atoms with Gasteiger partial charge in [0, 0.05) is 19.2 Å². The first-order valence-corrected chi connectivity index (χ1v) is 7.39. The highest BCUT2D eigenvalue weighted by molar-refractivity contribution is 14.0. The van der Waals surface area contributed by atoms with Crippen LogP contribution in [0.4, 0.5) is 0 Å². The normalized spacial score (nSPS) is 11.3. The summed E-state index contributed by atoms with van der Waals surface area (Å²) >= 11 is 0. The van der Waals surface area contributed by atoms with E-state index in [0.29, 0.717) is 12.4 Å². The van der Waals surface area contributed by atoms with Gasteiger partial charge in [-0.2, -0.15) is 0 Å². The summed E-state index contributed by atoms with van der Waals surface area (Å²) in [5, 5.41) is 6.46. The van der Waals surface area contributed by atoms with Crippen molar-refractivity contribution in [1.29, 1.82) is 0 Å². The minimum absolute atomic E-state index is 0. The van der Waals surface area contributed by atoms with Crippen LogP contribution in [-0.4, -0.2) is 24.5 Å². The molecular formula is C17H23IN4O. The molecule has 23 heavy (non-hydrogen) atoms. The number of hydrogen-bond acceptors (Lipinski definition) is 3. The molecule has 0 aliphatic rings. The Bertz CT molecular complexity index is 623. The van der Waals surface area contributed by atoms with E-state index in [4.69, 9.17) is 4.42 Å². The molecule has 124 valence electrons. The van der Waals surface area contributed by atoms with Crippen LogP contribution in [0.1, 0.15) is 19.0 Å². The standard InChI is InChI=1S/C17H22N4O.HI/c1-3-4-8-11-19-17(18-2)20-12-15-13-22-16(21-15)14-9-6-5-7-10-14;/h3-7,9-10,13H,8,11-12H2,1-2H3,(H2,18,19,20);1H. The number of allylic oxidation sites excluding steroid dienone is 1. The van der Waals surface area contributed by atoms with Crippen molar-refractivity contribution in [2.75, 3.05) is 13.6 Å². The topological polar surface area (TPSA) is 62.5 Å². The van der Waals surface area contributed by atoms with E-state index in [0.717, 1.165) is 30.2 Å². The summed E-state index contributed by atoms with van der Waals surface area (Å²) in [6.45, 7) is 3.43. The van der Waals surface area contributed by atoms with Crippen LogP contribution < -0.4 is 10.6 Å². The van der Waals surface area contributed by atoms with Crippen LogP contribution in [0.2, 0.25) is 0 Å². The quantitative estimate of drug-likeness (QED) is 0.244. The second kappa shape index (κ2) is 10.8. The van der Waals surface area contributed by atoms with Crippen molar-refractivity contribution < 1.29 is 4.42 Å². The molecule has 2 N–H and O–H groups in total. The molecule has 2 aromatic rings. The Kier molecular flexibility index (Phi) is 9.04. The lowest BCUT2D eigenvalue weighted by Crippen LogP contribution is -2.37. The molecule has 0 saturated heterocycles. The number of rotatable bonds is 6. The van der Waals surface area contributed by atoms with Crippen molar-refractivity contribution in [2.24, 2.45) is 4.99 Å². The zero-order chi connectivity index (χ0) is 15.6. The molecule has 0 aliphatic heterocycles. The average molecular weight is 426 g/mol. The van der Waals surface area contributed by atoms with Crippen molar-refractivity contribution in [3.63, 3.8) is 0 Å². The first-order chi connectivity index (χ1) is 10.8. The SMILES string of the molecule is CC=CCCNC(=NC)NCc1coc(-c2ccccc2)n1.I. The maximum absolute atomic E-state index is 5.51. The molecule has 0 aliphatic carbocycles. The van der Waals surface area contributed by atoms with E-state index in [2.05, 4.69) is 26.7 Å². The molecule has 0 fully saturated rings. The maximum atomic E-state index is 5.51. The van der Waals surface area contributed by atoms with E-state index in [-0.39, 0.29) is 24.0 Å². The zero-order valence-corrected chi connectivity index (χ0v) is 15.8. The Morgan fingerprint density at radius 2 is 2.04 bits per heavy atom. The van der Waals surface area contributed by atoms with Gasteiger partial charge in [0.05, 0.1) is 12.2 Å². The molecule has 0 amide bonds. The summed E-state index contributed by atoms with van der Waals surface area (Å²) in [7, 11) is 1.75. The molecule has 0 spiro atoms. The van der Waals surface area contributed by atoms with Gasteiger partial charge >= 0.3 is 0 Å². The molecule has 2 rings (SSSR count). The number of oxazole rings is 1. The van der Waals surface area contributed by atoms with Crippen molar-refractivity contribution in [3.05, 3.63) is 54.4 Å². The summed E-state index contributed by atoms with van der Waals surface area (Å²) in [4.78, 5) is 8.65. The third-order valence-electron chi connectivity index (χ3n) is 3.07. The molecule has 0 atom stereocenters. The van der Waals surface area contributed by atoms with Crippen LogP contribution in [0.5, 0.6) is 0 Å². The van der Waals surface area contributed by atoms with Crippen LogP contribution in [-0.2, 0) is 6.54 Å². The van der Waals surface area contributed by atoms with Crippen LogP contribution in [0.25, 0.3) is 11.5 Å². The fraction of sp³-hybridized carbons (Fsp3) is 0.294. The van der Waals surface area contributed by atoms with Crippen molar-refractivity contribution in [1.82, 2.24) is 15.6 Å². The highest BCUT2D eigenvalue weighted by atomic mass is 127. The summed E-state index contributed by atoms with van der Waals surface area (Å²) in [5.41, 5.74) is 1.82. The first-order valence-electron chi connectivity index (χ1n) is 7.39. The second-order valence-electron chi connectivity index (χ2n) is 4.72. The lowest BCUT2D eigenvalue weighted by molar-refractivity contribution is 0.572. The third kappa shape index (κ3) is 6.43. The number of guanidine groups is 1. The first kappa shape index (κ1) is 19.2. The molecule has 0 bridgehead atoms. The lowest BCUT2D eigenvalue weighted by Gasteiger charge is -2.09. The molecule has 1 aromatic heterocycles. The Morgan fingerprint density at radius 1 is 1.26 bits per heavy atom. The Balaban J connectivity index is 0.00000264. The molecule has 6 heteroatoms. The average Bonchev–Trinajstić information content (AvgIpc) is 3.04. The molecule has 0 radical (unpaired) electrons. The van der Waals surface area contributed by atoms with Crippen molar-refractivity contribution in [3.8, 4) is 11.5 Å². The highest BCUT2D eigenvalue weighted by Crippen LogP contribution is 2.17. The summed E-state index contributed by atoms with van der Waals surface area (Å²) in [6, 6.07) is 9.86. The number of aromatic nitrogens is 1. The number of aliphatic imine (C=N–C) groups is 1. The lowest BCUT2D eigenvalue weighted by atomic mass is 10.2. The van der Waals surface area contributed by atoms with Gasteiger partial charge in [0.2, 0.25) is 5.89 Å². The Hall–Kier alpha value is -1.83. The number of nitrogens with one attached hydrogen (secondary N) is 2. The van der Waals surface area contributed by atoms with Crippen LogP contribution in [0, 0.1) is 0 Å². The van der Waals surface area contributed by atoms with E-state index in [1.807, 2.05) is 43.3 Å². The van der Waals surface area contributed by atoms with Crippen LogP contribution in [0.15, 0.2) is 58.2 Å². The maximum Gasteiger partial charge on any atom is 0.226 e. The Labute approximate surface area is 154 Å². The molecule has 1 aromatic carbocycles. The number of hydrogen-bond donors (Lipinski definition) is 2. The number of halogens is 1. The van der Waals surface area contributed by atoms with Crippen LogP contribution in [0.3, 0.4) is 0 Å². The van der Waals surface area contributed by atoms with Gasteiger partial charge in [-0.25, -0.2) is 4.98 Å². The number of nitrogens with zero attached hydrogens (tertiary/aromatic N) is 2. The molecular weight excluding hydrogens is 403 g/mol. The highest BCUT2D eigenvalue weighted by Gasteiger charge is 2.06. The fourth-order valence-corrected chi connectivity index (χ4v) is 1.94. The van der Waals surface area contributed by atoms with Gasteiger partial charge in [-0.3, -0.25) is 4.99 Å². The largest absolute Gasteiger partial charge is 0.444 e. The van der Waals surface area contributed by atoms with Crippen molar-refractivity contribution >= 4 is 29.9 Å². The molecule has 1 heterocycles. The van der Waals surface area contributed by atoms with Crippen molar-refractivity contribution in [2.45, 2.75) is 19.9 Å². The van der Waals surface area contributed by atoms with Gasteiger partial charge in [0.15, 0.2) is 5.96 Å². The molecule has 0 saturated carbocycles. The van der Waals surface area contributed by atoms with E-state index < -0.39 is 0 Å². The van der Waals surface area contributed by atoms with Gasteiger partial charge in [-0.1, -0.05) is 30.4 Å². The van der Waals surface area contributed by atoms with Gasteiger partial charge in [-0.15, -0.1) is 24.0 Å². The van der Waals surface area contributed by atoms with E-state index >= 15 is 0 Å². The smallest absolute Gasteiger partial charge is 0.226 e.